The highest BCUT2D eigenvalue weighted by atomic mass is 19.1. The Bertz CT molecular complexity index is 917. The zero-order chi connectivity index (χ0) is 21.7. The molecule has 0 unspecified atom stereocenters. The van der Waals surface area contributed by atoms with E-state index in [9.17, 15) is 18.8 Å². The van der Waals surface area contributed by atoms with Crippen molar-refractivity contribution >= 4 is 17.8 Å². The van der Waals surface area contributed by atoms with Gasteiger partial charge >= 0.3 is 6.03 Å². The maximum absolute atomic E-state index is 13.3. The van der Waals surface area contributed by atoms with E-state index in [-0.39, 0.29) is 19.0 Å². The van der Waals surface area contributed by atoms with Crippen molar-refractivity contribution in [2.24, 2.45) is 0 Å². The van der Waals surface area contributed by atoms with Crippen molar-refractivity contribution in [3.05, 3.63) is 71.5 Å². The van der Waals surface area contributed by atoms with Crippen LogP contribution in [0.5, 0.6) is 0 Å². The van der Waals surface area contributed by atoms with Crippen molar-refractivity contribution in [3.63, 3.8) is 0 Å². The first-order chi connectivity index (χ1) is 14.4. The third-order valence-corrected chi connectivity index (χ3v) is 5.46. The van der Waals surface area contributed by atoms with Crippen LogP contribution in [0, 0.1) is 5.82 Å². The molecule has 2 aromatic rings. The quantitative estimate of drug-likeness (QED) is 0.655. The summed E-state index contributed by atoms with van der Waals surface area (Å²) in [6.45, 7) is 3.29. The van der Waals surface area contributed by atoms with Crippen LogP contribution in [0.4, 0.5) is 9.18 Å². The molecule has 0 aromatic heterocycles. The van der Waals surface area contributed by atoms with Gasteiger partial charge in [0.2, 0.25) is 5.91 Å². The van der Waals surface area contributed by atoms with Crippen LogP contribution in [0.2, 0.25) is 0 Å². The molecule has 6 nitrogen and oxygen atoms in total. The van der Waals surface area contributed by atoms with Crippen molar-refractivity contribution in [2.45, 2.75) is 44.7 Å². The second kappa shape index (κ2) is 9.07. The molecule has 1 aliphatic rings. The number of rotatable bonds is 8. The van der Waals surface area contributed by atoms with Crippen molar-refractivity contribution in [3.8, 4) is 0 Å². The number of aryl methyl sites for hydroxylation is 1. The SMILES string of the molecule is CC[C@@]1(c2ccc(F)cc2)NC(=O)N(CC(=O)N[C@H](C)CCc2ccccc2)C1=O. The fraction of sp³-hybridized carbons (Fsp3) is 0.348. The first kappa shape index (κ1) is 21.5. The largest absolute Gasteiger partial charge is 0.352 e. The van der Waals surface area contributed by atoms with E-state index >= 15 is 0 Å². The van der Waals surface area contributed by atoms with Gasteiger partial charge in [0.25, 0.3) is 5.91 Å². The molecule has 1 aliphatic heterocycles. The minimum absolute atomic E-state index is 0.105. The summed E-state index contributed by atoms with van der Waals surface area (Å²) in [5, 5.41) is 5.54. The number of hydrogen-bond donors (Lipinski definition) is 2. The van der Waals surface area contributed by atoms with Crippen molar-refractivity contribution in [2.75, 3.05) is 6.54 Å². The molecule has 3 rings (SSSR count). The number of amides is 4. The molecule has 1 fully saturated rings. The molecule has 1 heterocycles. The number of urea groups is 1. The first-order valence-electron chi connectivity index (χ1n) is 10.1. The second-order valence-corrected chi connectivity index (χ2v) is 7.58. The van der Waals surface area contributed by atoms with Gasteiger partial charge in [-0.05, 0) is 49.4 Å². The van der Waals surface area contributed by atoms with E-state index in [1.807, 2.05) is 37.3 Å². The Balaban J connectivity index is 1.61. The highest BCUT2D eigenvalue weighted by Gasteiger charge is 2.51. The second-order valence-electron chi connectivity index (χ2n) is 7.58. The summed E-state index contributed by atoms with van der Waals surface area (Å²) >= 11 is 0. The molecule has 0 radical (unpaired) electrons. The topological polar surface area (TPSA) is 78.5 Å². The average molecular weight is 411 g/mol. The maximum Gasteiger partial charge on any atom is 0.325 e. The Morgan fingerprint density at radius 1 is 1.13 bits per heavy atom. The Morgan fingerprint density at radius 2 is 1.80 bits per heavy atom. The van der Waals surface area contributed by atoms with Crippen molar-refractivity contribution < 1.29 is 18.8 Å². The summed E-state index contributed by atoms with van der Waals surface area (Å²) in [5.41, 5.74) is 0.382. The summed E-state index contributed by atoms with van der Waals surface area (Å²) in [5.74, 6) is -1.33. The molecule has 0 saturated carbocycles. The predicted molar refractivity (Wildman–Crippen MR) is 111 cm³/mol. The molecule has 0 spiro atoms. The monoisotopic (exact) mass is 411 g/mol. The highest BCUT2D eigenvalue weighted by molar-refractivity contribution is 6.09. The molecule has 158 valence electrons. The lowest BCUT2D eigenvalue weighted by molar-refractivity contribution is -0.135. The van der Waals surface area contributed by atoms with E-state index in [0.717, 1.165) is 17.7 Å². The smallest absolute Gasteiger partial charge is 0.325 e. The van der Waals surface area contributed by atoms with Gasteiger partial charge in [-0.1, -0.05) is 49.4 Å². The van der Waals surface area contributed by atoms with E-state index in [1.54, 1.807) is 6.92 Å². The van der Waals surface area contributed by atoms with E-state index < -0.39 is 29.2 Å². The van der Waals surface area contributed by atoms with Gasteiger partial charge in [0, 0.05) is 6.04 Å². The van der Waals surface area contributed by atoms with Crippen LogP contribution in [0.1, 0.15) is 37.8 Å². The lowest BCUT2D eigenvalue weighted by Crippen LogP contribution is -2.46. The van der Waals surface area contributed by atoms with Crippen LogP contribution in [-0.2, 0) is 21.5 Å². The lowest BCUT2D eigenvalue weighted by atomic mass is 9.87. The number of nitrogens with one attached hydrogen (secondary N) is 2. The fourth-order valence-electron chi connectivity index (χ4n) is 3.71. The molecule has 4 amide bonds. The Morgan fingerprint density at radius 3 is 2.43 bits per heavy atom. The molecule has 1 saturated heterocycles. The predicted octanol–water partition coefficient (Wildman–Crippen LogP) is 3.12. The number of carbonyl (C=O) groups is 3. The Kier molecular flexibility index (Phi) is 6.50. The number of imide groups is 1. The van der Waals surface area contributed by atoms with E-state index in [2.05, 4.69) is 10.6 Å². The lowest BCUT2D eigenvalue weighted by Gasteiger charge is -2.25. The van der Waals surface area contributed by atoms with E-state index in [4.69, 9.17) is 0 Å². The summed E-state index contributed by atoms with van der Waals surface area (Å²) in [6, 6.07) is 14.7. The minimum atomic E-state index is -1.29. The Hall–Kier alpha value is -3.22. The van der Waals surface area contributed by atoms with Crippen LogP contribution >= 0.6 is 0 Å². The van der Waals surface area contributed by atoms with Gasteiger partial charge in [-0.3, -0.25) is 14.5 Å². The molecule has 2 atom stereocenters. The number of halogens is 1. The number of carbonyl (C=O) groups excluding carboxylic acids is 3. The van der Waals surface area contributed by atoms with Crippen LogP contribution < -0.4 is 10.6 Å². The van der Waals surface area contributed by atoms with E-state index in [1.165, 1.54) is 29.8 Å². The zero-order valence-electron chi connectivity index (χ0n) is 17.2. The van der Waals surface area contributed by atoms with Gasteiger partial charge < -0.3 is 10.6 Å². The summed E-state index contributed by atoms with van der Waals surface area (Å²) in [4.78, 5) is 38.9. The van der Waals surface area contributed by atoms with Crippen LogP contribution in [0.25, 0.3) is 0 Å². The third kappa shape index (κ3) is 4.50. The highest BCUT2D eigenvalue weighted by Crippen LogP contribution is 2.32. The van der Waals surface area contributed by atoms with Crippen LogP contribution in [-0.4, -0.2) is 35.3 Å². The normalized spacial score (nSPS) is 19.5. The van der Waals surface area contributed by atoms with Crippen molar-refractivity contribution in [1.29, 1.82) is 0 Å². The van der Waals surface area contributed by atoms with Gasteiger partial charge in [-0.15, -0.1) is 0 Å². The van der Waals surface area contributed by atoms with Crippen LogP contribution in [0.15, 0.2) is 54.6 Å². The zero-order valence-corrected chi connectivity index (χ0v) is 17.2. The summed E-state index contributed by atoms with van der Waals surface area (Å²) < 4.78 is 13.3. The minimum Gasteiger partial charge on any atom is -0.352 e. The van der Waals surface area contributed by atoms with E-state index in [0.29, 0.717) is 5.56 Å². The molecule has 7 heteroatoms. The Labute approximate surface area is 175 Å². The molecular weight excluding hydrogens is 385 g/mol. The molecule has 2 aromatic carbocycles. The number of nitrogens with zero attached hydrogens (tertiary/aromatic N) is 1. The molecular formula is C23H26FN3O3. The molecule has 0 aliphatic carbocycles. The molecule has 30 heavy (non-hydrogen) atoms. The standard InChI is InChI=1S/C23H26FN3O3/c1-3-23(18-11-13-19(24)14-12-18)21(29)27(22(30)26-23)15-20(28)25-16(2)9-10-17-7-5-4-6-8-17/h4-8,11-14,16H,3,9-10,15H2,1-2H3,(H,25,28)(H,26,30)/t16-,23+/m1/s1. The number of hydrogen-bond acceptors (Lipinski definition) is 3. The molecule has 0 bridgehead atoms. The van der Waals surface area contributed by atoms with Gasteiger partial charge in [0.1, 0.15) is 17.9 Å². The van der Waals surface area contributed by atoms with Crippen LogP contribution in [0.3, 0.4) is 0 Å². The maximum atomic E-state index is 13.3. The summed E-state index contributed by atoms with van der Waals surface area (Å²) in [6.07, 6.45) is 1.84. The average Bonchev–Trinajstić information content (AvgIpc) is 2.98. The number of benzene rings is 2. The van der Waals surface area contributed by atoms with Gasteiger partial charge in [0.15, 0.2) is 0 Å². The van der Waals surface area contributed by atoms with Gasteiger partial charge in [-0.2, -0.15) is 0 Å². The van der Waals surface area contributed by atoms with Gasteiger partial charge in [0.05, 0.1) is 0 Å². The fourth-order valence-corrected chi connectivity index (χ4v) is 3.71. The molecule has 2 N–H and O–H groups in total. The first-order valence-corrected chi connectivity index (χ1v) is 10.1. The third-order valence-electron chi connectivity index (χ3n) is 5.46. The van der Waals surface area contributed by atoms with Gasteiger partial charge in [-0.25, -0.2) is 9.18 Å². The van der Waals surface area contributed by atoms with Crippen molar-refractivity contribution in [1.82, 2.24) is 15.5 Å². The summed E-state index contributed by atoms with van der Waals surface area (Å²) in [7, 11) is 0.